The molecular weight excluding hydrogens is 302 g/mol. The number of rotatable bonds is 4. The maximum Gasteiger partial charge on any atom is 0.169 e. The number of furan rings is 1. The molecule has 3 aromatic rings. The second-order valence-corrected chi connectivity index (χ2v) is 5.99. The Kier molecular flexibility index (Phi) is 3.69. The molecule has 0 amide bonds. The van der Waals surface area contributed by atoms with Crippen LogP contribution < -0.4 is 5.32 Å². The quantitative estimate of drug-likeness (QED) is 0.794. The minimum absolute atomic E-state index is 0.0636. The highest BCUT2D eigenvalue weighted by Crippen LogP contribution is 2.37. The standard InChI is InChI=1S/C19H19N3O2/c1-2-20-19-18-15(22(21-19)14-7-4-3-5-8-14)11-13(12-16(18)23)17-9-6-10-24-17/h3-10,13H,2,11-12H2,1H3,(H,20,21)/t13-/m0/s1. The lowest BCUT2D eigenvalue weighted by molar-refractivity contribution is 0.0960. The van der Waals surface area contributed by atoms with Crippen LogP contribution in [0.25, 0.3) is 5.69 Å². The molecule has 0 radical (unpaired) electrons. The van der Waals surface area contributed by atoms with Crippen molar-refractivity contribution in [2.24, 2.45) is 0 Å². The Morgan fingerprint density at radius 1 is 1.21 bits per heavy atom. The molecule has 0 fully saturated rings. The van der Waals surface area contributed by atoms with Crippen LogP contribution >= 0.6 is 0 Å². The van der Waals surface area contributed by atoms with Gasteiger partial charge in [-0.3, -0.25) is 4.79 Å². The smallest absolute Gasteiger partial charge is 0.169 e. The normalized spacial score (nSPS) is 16.9. The fourth-order valence-electron chi connectivity index (χ4n) is 3.36. The van der Waals surface area contributed by atoms with Crippen LogP contribution in [0.5, 0.6) is 0 Å². The van der Waals surface area contributed by atoms with Crippen molar-refractivity contribution in [2.75, 3.05) is 11.9 Å². The van der Waals surface area contributed by atoms with Gasteiger partial charge in [-0.25, -0.2) is 4.68 Å². The van der Waals surface area contributed by atoms with Gasteiger partial charge < -0.3 is 9.73 Å². The lowest BCUT2D eigenvalue weighted by Crippen LogP contribution is -2.20. The minimum atomic E-state index is 0.0636. The summed E-state index contributed by atoms with van der Waals surface area (Å²) in [6, 6.07) is 13.7. The van der Waals surface area contributed by atoms with Gasteiger partial charge in [0, 0.05) is 25.3 Å². The van der Waals surface area contributed by atoms with Gasteiger partial charge in [0.05, 0.1) is 23.2 Å². The van der Waals surface area contributed by atoms with Gasteiger partial charge in [0.25, 0.3) is 0 Å². The molecular formula is C19H19N3O2. The Labute approximate surface area is 140 Å². The van der Waals surface area contributed by atoms with Crippen molar-refractivity contribution in [3.05, 3.63) is 65.7 Å². The van der Waals surface area contributed by atoms with Crippen molar-refractivity contribution >= 4 is 11.6 Å². The molecule has 0 saturated heterocycles. The highest BCUT2D eigenvalue weighted by Gasteiger charge is 2.34. The van der Waals surface area contributed by atoms with Crippen LogP contribution in [0.4, 0.5) is 5.82 Å². The molecule has 1 atom stereocenters. The minimum Gasteiger partial charge on any atom is -0.469 e. The van der Waals surface area contributed by atoms with E-state index in [0.29, 0.717) is 12.2 Å². The average molecular weight is 321 g/mol. The summed E-state index contributed by atoms with van der Waals surface area (Å²) in [6.45, 7) is 2.74. The van der Waals surface area contributed by atoms with Gasteiger partial charge in [0.15, 0.2) is 11.6 Å². The van der Waals surface area contributed by atoms with E-state index >= 15 is 0 Å². The summed E-state index contributed by atoms with van der Waals surface area (Å²) in [5.41, 5.74) is 2.64. The molecule has 122 valence electrons. The fraction of sp³-hybridized carbons (Fsp3) is 0.263. The first-order valence-corrected chi connectivity index (χ1v) is 8.25. The summed E-state index contributed by atoms with van der Waals surface area (Å²) >= 11 is 0. The lowest BCUT2D eigenvalue weighted by atomic mass is 9.85. The Hall–Kier alpha value is -2.82. The summed E-state index contributed by atoms with van der Waals surface area (Å²) < 4.78 is 7.43. The third kappa shape index (κ3) is 2.42. The number of carbonyl (C=O) groups excluding carboxylic acids is 1. The van der Waals surface area contributed by atoms with Gasteiger partial charge in [-0.15, -0.1) is 5.10 Å². The summed E-state index contributed by atoms with van der Waals surface area (Å²) in [6.07, 6.45) is 2.86. The number of aromatic nitrogens is 2. The number of benzene rings is 1. The SMILES string of the molecule is CCNc1nn(-c2ccccc2)c2c1C(=O)C[C@@H](c1ccco1)C2. The van der Waals surface area contributed by atoms with Gasteiger partial charge in [-0.1, -0.05) is 18.2 Å². The maximum absolute atomic E-state index is 12.8. The van der Waals surface area contributed by atoms with Gasteiger partial charge in [0.1, 0.15) is 5.76 Å². The maximum atomic E-state index is 12.8. The van der Waals surface area contributed by atoms with Gasteiger partial charge in [-0.2, -0.15) is 0 Å². The number of anilines is 1. The van der Waals surface area contributed by atoms with Crippen LogP contribution in [-0.4, -0.2) is 22.1 Å². The first-order chi connectivity index (χ1) is 11.8. The molecule has 24 heavy (non-hydrogen) atoms. The first kappa shape index (κ1) is 14.8. The highest BCUT2D eigenvalue weighted by atomic mass is 16.3. The molecule has 2 aromatic heterocycles. The van der Waals surface area contributed by atoms with E-state index in [1.807, 2.05) is 54.1 Å². The van der Waals surface area contributed by atoms with Crippen molar-refractivity contribution < 1.29 is 9.21 Å². The van der Waals surface area contributed by atoms with E-state index in [4.69, 9.17) is 4.42 Å². The lowest BCUT2D eigenvalue weighted by Gasteiger charge is -2.21. The zero-order valence-corrected chi connectivity index (χ0v) is 13.5. The number of para-hydroxylation sites is 1. The monoisotopic (exact) mass is 321 g/mol. The number of nitrogens with zero attached hydrogens (tertiary/aromatic N) is 2. The van der Waals surface area contributed by atoms with E-state index in [1.54, 1.807) is 6.26 Å². The van der Waals surface area contributed by atoms with Crippen LogP contribution in [0.3, 0.4) is 0 Å². The second kappa shape index (κ2) is 6.00. The molecule has 0 aliphatic heterocycles. The van der Waals surface area contributed by atoms with Crippen molar-refractivity contribution in [2.45, 2.75) is 25.7 Å². The molecule has 1 aliphatic rings. The molecule has 2 heterocycles. The Bertz CT molecular complexity index is 850. The average Bonchev–Trinajstić information content (AvgIpc) is 3.24. The van der Waals surface area contributed by atoms with Crippen LogP contribution in [0, 0.1) is 0 Å². The number of hydrogen-bond donors (Lipinski definition) is 1. The molecule has 1 aromatic carbocycles. The molecule has 0 spiro atoms. The van der Waals surface area contributed by atoms with Crippen LogP contribution in [0.1, 0.15) is 41.1 Å². The summed E-state index contributed by atoms with van der Waals surface area (Å²) in [7, 11) is 0. The molecule has 0 unspecified atom stereocenters. The zero-order valence-electron chi connectivity index (χ0n) is 13.5. The van der Waals surface area contributed by atoms with Crippen molar-refractivity contribution in [1.29, 1.82) is 0 Å². The van der Waals surface area contributed by atoms with E-state index < -0.39 is 0 Å². The molecule has 1 N–H and O–H groups in total. The van der Waals surface area contributed by atoms with E-state index in [1.165, 1.54) is 0 Å². The van der Waals surface area contributed by atoms with Crippen LogP contribution in [0.15, 0.2) is 53.1 Å². The largest absolute Gasteiger partial charge is 0.469 e. The van der Waals surface area contributed by atoms with Crippen LogP contribution in [-0.2, 0) is 6.42 Å². The number of hydrogen-bond acceptors (Lipinski definition) is 4. The van der Waals surface area contributed by atoms with Crippen molar-refractivity contribution in [3.63, 3.8) is 0 Å². The highest BCUT2D eigenvalue weighted by molar-refractivity contribution is 6.03. The Balaban J connectivity index is 1.83. The van der Waals surface area contributed by atoms with Crippen molar-refractivity contribution in [1.82, 2.24) is 9.78 Å². The van der Waals surface area contributed by atoms with Crippen molar-refractivity contribution in [3.8, 4) is 5.69 Å². The van der Waals surface area contributed by atoms with E-state index in [0.717, 1.165) is 35.7 Å². The summed E-state index contributed by atoms with van der Waals surface area (Å²) in [5.74, 6) is 1.73. The summed E-state index contributed by atoms with van der Waals surface area (Å²) in [5, 5.41) is 7.90. The summed E-state index contributed by atoms with van der Waals surface area (Å²) in [4.78, 5) is 12.8. The molecule has 5 nitrogen and oxygen atoms in total. The number of fused-ring (bicyclic) bond motifs is 1. The zero-order chi connectivity index (χ0) is 16.5. The third-order valence-electron chi connectivity index (χ3n) is 4.42. The topological polar surface area (TPSA) is 60.1 Å². The van der Waals surface area contributed by atoms with E-state index in [2.05, 4.69) is 10.4 Å². The number of Topliss-reactive ketones (excluding diaryl/α,β-unsaturated/α-hetero) is 1. The Morgan fingerprint density at radius 3 is 2.75 bits per heavy atom. The number of nitrogens with one attached hydrogen (secondary N) is 1. The molecule has 4 rings (SSSR count). The van der Waals surface area contributed by atoms with Crippen LogP contribution in [0.2, 0.25) is 0 Å². The van der Waals surface area contributed by atoms with Gasteiger partial charge >= 0.3 is 0 Å². The molecule has 0 saturated carbocycles. The number of ketones is 1. The molecule has 1 aliphatic carbocycles. The third-order valence-corrected chi connectivity index (χ3v) is 4.42. The Morgan fingerprint density at radius 2 is 2.04 bits per heavy atom. The predicted molar refractivity (Wildman–Crippen MR) is 91.8 cm³/mol. The van der Waals surface area contributed by atoms with E-state index in [9.17, 15) is 4.79 Å². The predicted octanol–water partition coefficient (Wildman–Crippen LogP) is 3.81. The van der Waals surface area contributed by atoms with E-state index in [-0.39, 0.29) is 11.7 Å². The fourth-order valence-corrected chi connectivity index (χ4v) is 3.36. The van der Waals surface area contributed by atoms with Gasteiger partial charge in [0.2, 0.25) is 0 Å². The second-order valence-electron chi connectivity index (χ2n) is 5.99. The molecule has 0 bridgehead atoms. The molecule has 5 heteroatoms. The number of carbonyl (C=O) groups is 1. The van der Waals surface area contributed by atoms with Gasteiger partial charge in [-0.05, 0) is 31.2 Å². The first-order valence-electron chi connectivity index (χ1n) is 8.25.